The normalized spacial score (nSPS) is 14.3. The molecule has 0 aliphatic carbocycles. The lowest BCUT2D eigenvalue weighted by Gasteiger charge is -2.24. The van der Waals surface area contributed by atoms with E-state index in [9.17, 15) is 9.59 Å². The summed E-state index contributed by atoms with van der Waals surface area (Å²) in [7, 11) is 0. The van der Waals surface area contributed by atoms with E-state index in [1.54, 1.807) is 4.90 Å². The van der Waals surface area contributed by atoms with Gasteiger partial charge in [-0.3, -0.25) is 0 Å². The van der Waals surface area contributed by atoms with E-state index in [4.69, 9.17) is 16.7 Å². The highest BCUT2D eigenvalue weighted by molar-refractivity contribution is 6.31. The summed E-state index contributed by atoms with van der Waals surface area (Å²) in [6.45, 7) is 1.14. The molecule has 1 aromatic rings. The maximum atomic E-state index is 12.0. The number of halogens is 1. The fourth-order valence-electron chi connectivity index (χ4n) is 1.83. The number of amides is 2. The van der Waals surface area contributed by atoms with Crippen molar-refractivity contribution in [2.75, 3.05) is 18.4 Å². The molecule has 0 bridgehead atoms. The standard InChI is InChI=1S/C13H13ClN2O3/c14-9-4-5-10(12(17)18)11(8-9)15-13(19)16-6-2-1-3-7-16/h1-2,4-5,8H,3,6-7H2,(H,15,19)(H,17,18). The van der Waals surface area contributed by atoms with E-state index in [0.717, 1.165) is 6.42 Å². The topological polar surface area (TPSA) is 69.6 Å². The number of urea groups is 1. The average molecular weight is 281 g/mol. The lowest BCUT2D eigenvalue weighted by Crippen LogP contribution is -2.37. The number of anilines is 1. The van der Waals surface area contributed by atoms with Gasteiger partial charge in [0.1, 0.15) is 0 Å². The Morgan fingerprint density at radius 3 is 2.74 bits per heavy atom. The number of carboxylic acids is 1. The number of nitrogens with one attached hydrogen (secondary N) is 1. The minimum atomic E-state index is -1.11. The molecule has 1 heterocycles. The van der Waals surface area contributed by atoms with Crippen molar-refractivity contribution in [1.29, 1.82) is 0 Å². The molecule has 0 fully saturated rings. The van der Waals surface area contributed by atoms with Gasteiger partial charge in [0.25, 0.3) is 0 Å². The van der Waals surface area contributed by atoms with E-state index in [2.05, 4.69) is 5.32 Å². The van der Waals surface area contributed by atoms with Crippen LogP contribution in [0.4, 0.5) is 10.5 Å². The molecule has 0 saturated heterocycles. The Morgan fingerprint density at radius 2 is 2.11 bits per heavy atom. The molecule has 2 amide bonds. The van der Waals surface area contributed by atoms with Gasteiger partial charge < -0.3 is 15.3 Å². The third kappa shape index (κ3) is 3.26. The molecule has 0 radical (unpaired) electrons. The van der Waals surface area contributed by atoms with E-state index in [1.165, 1.54) is 18.2 Å². The molecular formula is C13H13ClN2O3. The number of aromatic carboxylic acids is 1. The van der Waals surface area contributed by atoms with E-state index in [-0.39, 0.29) is 17.3 Å². The Bertz CT molecular complexity index is 543. The van der Waals surface area contributed by atoms with Crippen molar-refractivity contribution < 1.29 is 14.7 Å². The summed E-state index contributed by atoms with van der Waals surface area (Å²) in [6.07, 6.45) is 4.71. The van der Waals surface area contributed by atoms with Crippen molar-refractivity contribution in [3.05, 3.63) is 40.9 Å². The molecule has 100 valence electrons. The monoisotopic (exact) mass is 280 g/mol. The fraction of sp³-hybridized carbons (Fsp3) is 0.231. The fourth-order valence-corrected chi connectivity index (χ4v) is 2.00. The molecule has 1 aliphatic heterocycles. The van der Waals surface area contributed by atoms with Crippen molar-refractivity contribution in [2.24, 2.45) is 0 Å². The second-order valence-corrected chi connectivity index (χ2v) is 4.57. The van der Waals surface area contributed by atoms with Gasteiger partial charge in [-0.15, -0.1) is 0 Å². The molecule has 1 aliphatic rings. The molecule has 0 atom stereocenters. The van der Waals surface area contributed by atoms with Gasteiger partial charge in [-0.2, -0.15) is 0 Å². The van der Waals surface area contributed by atoms with Crippen molar-refractivity contribution in [1.82, 2.24) is 4.90 Å². The molecule has 6 heteroatoms. The van der Waals surface area contributed by atoms with Crippen LogP contribution in [0.1, 0.15) is 16.8 Å². The van der Waals surface area contributed by atoms with Gasteiger partial charge in [0.2, 0.25) is 0 Å². The van der Waals surface area contributed by atoms with Gasteiger partial charge in [-0.05, 0) is 24.6 Å². The largest absolute Gasteiger partial charge is 0.478 e. The minimum Gasteiger partial charge on any atom is -0.478 e. The van der Waals surface area contributed by atoms with Gasteiger partial charge in [0.15, 0.2) is 0 Å². The Labute approximate surface area is 115 Å². The predicted molar refractivity (Wildman–Crippen MR) is 72.8 cm³/mol. The number of carbonyl (C=O) groups excluding carboxylic acids is 1. The zero-order valence-electron chi connectivity index (χ0n) is 10.1. The third-order valence-electron chi connectivity index (χ3n) is 2.80. The molecule has 0 saturated carbocycles. The molecule has 2 N–H and O–H groups in total. The average Bonchev–Trinajstić information content (AvgIpc) is 2.39. The van der Waals surface area contributed by atoms with Gasteiger partial charge in [-0.1, -0.05) is 23.8 Å². The summed E-state index contributed by atoms with van der Waals surface area (Å²) in [5.74, 6) is -1.11. The smallest absolute Gasteiger partial charge is 0.337 e. The van der Waals surface area contributed by atoms with Crippen LogP contribution in [0.25, 0.3) is 0 Å². The Balaban J connectivity index is 2.17. The lowest BCUT2D eigenvalue weighted by molar-refractivity contribution is 0.0698. The first-order chi connectivity index (χ1) is 9.08. The molecule has 0 unspecified atom stereocenters. The van der Waals surface area contributed by atoms with Crippen molar-refractivity contribution in [3.8, 4) is 0 Å². The first-order valence-electron chi connectivity index (χ1n) is 5.81. The summed E-state index contributed by atoms with van der Waals surface area (Å²) in [6, 6.07) is 3.96. The first-order valence-corrected chi connectivity index (χ1v) is 6.19. The minimum absolute atomic E-state index is 0.0188. The first kappa shape index (κ1) is 13.4. The summed E-state index contributed by atoms with van der Waals surface area (Å²) < 4.78 is 0. The van der Waals surface area contributed by atoms with Crippen molar-refractivity contribution >= 4 is 29.3 Å². The Hall–Kier alpha value is -2.01. The zero-order valence-corrected chi connectivity index (χ0v) is 10.9. The van der Waals surface area contributed by atoms with Crippen LogP contribution in [0.5, 0.6) is 0 Å². The second kappa shape index (κ2) is 5.75. The molecule has 19 heavy (non-hydrogen) atoms. The van der Waals surface area contributed by atoms with Crippen LogP contribution < -0.4 is 5.32 Å². The molecule has 0 spiro atoms. The summed E-state index contributed by atoms with van der Waals surface area (Å²) >= 11 is 5.82. The number of rotatable bonds is 2. The highest BCUT2D eigenvalue weighted by Crippen LogP contribution is 2.21. The van der Waals surface area contributed by atoms with Crippen LogP contribution in [-0.2, 0) is 0 Å². The maximum absolute atomic E-state index is 12.0. The van der Waals surface area contributed by atoms with Gasteiger partial charge in [0.05, 0.1) is 11.3 Å². The van der Waals surface area contributed by atoms with Crippen LogP contribution in [0.3, 0.4) is 0 Å². The third-order valence-corrected chi connectivity index (χ3v) is 3.03. The molecule has 2 rings (SSSR count). The van der Waals surface area contributed by atoms with Gasteiger partial charge >= 0.3 is 12.0 Å². The number of hydrogen-bond donors (Lipinski definition) is 2. The molecule has 5 nitrogen and oxygen atoms in total. The second-order valence-electron chi connectivity index (χ2n) is 4.13. The SMILES string of the molecule is O=C(O)c1ccc(Cl)cc1NC(=O)N1CC=CCC1. The van der Waals surface area contributed by atoms with Crippen molar-refractivity contribution in [2.45, 2.75) is 6.42 Å². The van der Waals surface area contributed by atoms with E-state index in [0.29, 0.717) is 18.1 Å². The van der Waals surface area contributed by atoms with Crippen molar-refractivity contribution in [3.63, 3.8) is 0 Å². The molecular weight excluding hydrogens is 268 g/mol. The Morgan fingerprint density at radius 1 is 1.32 bits per heavy atom. The summed E-state index contributed by atoms with van der Waals surface area (Å²) in [5.41, 5.74) is 0.227. The predicted octanol–water partition coefficient (Wildman–Crippen LogP) is 2.83. The summed E-state index contributed by atoms with van der Waals surface area (Å²) in [4.78, 5) is 24.7. The molecule has 0 aromatic heterocycles. The van der Waals surface area contributed by atoms with Crippen LogP contribution in [-0.4, -0.2) is 35.1 Å². The van der Waals surface area contributed by atoms with E-state index < -0.39 is 5.97 Å². The van der Waals surface area contributed by atoms with Crippen LogP contribution in [0, 0.1) is 0 Å². The zero-order chi connectivity index (χ0) is 13.8. The maximum Gasteiger partial charge on any atom is 0.337 e. The highest BCUT2D eigenvalue weighted by atomic mass is 35.5. The number of nitrogens with zero attached hydrogens (tertiary/aromatic N) is 1. The quantitative estimate of drug-likeness (QED) is 0.819. The van der Waals surface area contributed by atoms with E-state index >= 15 is 0 Å². The molecule has 1 aromatic carbocycles. The number of benzene rings is 1. The Kier molecular flexibility index (Phi) is 4.06. The highest BCUT2D eigenvalue weighted by Gasteiger charge is 2.17. The number of carboxylic acid groups (broad SMARTS) is 1. The van der Waals surface area contributed by atoms with E-state index in [1.807, 2.05) is 12.2 Å². The van der Waals surface area contributed by atoms with Gasteiger partial charge in [0, 0.05) is 18.1 Å². The summed E-state index contributed by atoms with van der Waals surface area (Å²) in [5, 5.41) is 12.0. The number of hydrogen-bond acceptors (Lipinski definition) is 2. The van der Waals surface area contributed by atoms with Crippen LogP contribution in [0.15, 0.2) is 30.4 Å². The number of carbonyl (C=O) groups is 2. The van der Waals surface area contributed by atoms with Crippen LogP contribution in [0.2, 0.25) is 5.02 Å². The van der Waals surface area contributed by atoms with Gasteiger partial charge in [-0.25, -0.2) is 9.59 Å². The van der Waals surface area contributed by atoms with Crippen LogP contribution >= 0.6 is 11.6 Å². The lowest BCUT2D eigenvalue weighted by atomic mass is 10.2.